The predicted octanol–water partition coefficient (Wildman–Crippen LogP) is 5.57. The average Bonchev–Trinajstić information content (AvgIpc) is 3.85. The van der Waals surface area contributed by atoms with Gasteiger partial charge in [-0.25, -0.2) is 22.6 Å². The standard InChI is InChI=1S/C44H53FN6O7S/c1-27(2)46-41(55)48-34-17-8-6-4-5-7-13-29-18-21-44(29,40(54)50-59(56,57)42(3)22-23-42)49-38(52)35-25-43(26-51(35)39(34)53)20-19-32-31-15-9-10-16-33(31)47-36(37(32)58-43)28-12-11-14-30(45)24-28/h7,9-16,24,27,29,34-35H,4-6,8,17-23,25-26H2,1-3H3,(H,49,52)(H,50,54)(H2,46,48,55)/b13-7-/t29-,34+,35+,43-,44-/m1/s1. The van der Waals surface area contributed by atoms with Crippen LogP contribution in [-0.4, -0.2) is 82.6 Å². The van der Waals surface area contributed by atoms with Gasteiger partial charge in [-0.3, -0.25) is 19.1 Å². The number of amides is 5. The van der Waals surface area contributed by atoms with Crippen molar-refractivity contribution in [1.29, 1.82) is 0 Å². The van der Waals surface area contributed by atoms with E-state index in [9.17, 15) is 32.0 Å². The summed E-state index contributed by atoms with van der Waals surface area (Å²) in [5, 5.41) is 9.57. The van der Waals surface area contributed by atoms with Crippen molar-refractivity contribution in [2.24, 2.45) is 5.92 Å². The van der Waals surface area contributed by atoms with Gasteiger partial charge in [-0.15, -0.1) is 0 Å². The monoisotopic (exact) mass is 828 g/mol. The Labute approximate surface area is 344 Å². The minimum absolute atomic E-state index is 0.0159. The van der Waals surface area contributed by atoms with Gasteiger partial charge in [0.1, 0.15) is 40.5 Å². The number of hydrogen-bond donors (Lipinski definition) is 4. The maximum Gasteiger partial charge on any atom is 0.315 e. The fraction of sp³-hybridized carbons (Fsp3) is 0.523. The number of nitrogens with one attached hydrogen (secondary N) is 4. The zero-order chi connectivity index (χ0) is 41.7. The molecule has 15 heteroatoms. The number of para-hydroxylation sites is 1. The number of aryl methyl sites for hydroxylation is 1. The minimum Gasteiger partial charge on any atom is -0.483 e. The fourth-order valence-electron chi connectivity index (χ4n) is 9.15. The van der Waals surface area contributed by atoms with E-state index < -0.39 is 73.5 Å². The first kappa shape index (κ1) is 40.7. The second-order valence-corrected chi connectivity index (χ2v) is 19.8. The van der Waals surface area contributed by atoms with Gasteiger partial charge in [0.15, 0.2) is 0 Å². The molecule has 2 aliphatic carbocycles. The first-order chi connectivity index (χ1) is 28.1. The molecule has 2 saturated carbocycles. The van der Waals surface area contributed by atoms with E-state index in [0.29, 0.717) is 68.4 Å². The quantitative estimate of drug-likeness (QED) is 0.234. The fourth-order valence-corrected chi connectivity index (χ4v) is 10.5. The molecule has 5 atom stereocenters. The number of ether oxygens (including phenoxy) is 1. The van der Waals surface area contributed by atoms with Gasteiger partial charge in [0.05, 0.1) is 16.8 Å². The van der Waals surface area contributed by atoms with Crippen molar-refractivity contribution >= 4 is 44.7 Å². The number of carbonyl (C=O) groups is 4. The molecule has 4 heterocycles. The molecule has 0 radical (unpaired) electrons. The molecule has 5 aliphatic rings. The van der Waals surface area contributed by atoms with E-state index >= 15 is 0 Å². The van der Waals surface area contributed by atoms with Crippen molar-refractivity contribution in [3.05, 3.63) is 72.1 Å². The Morgan fingerprint density at radius 3 is 2.54 bits per heavy atom. The van der Waals surface area contributed by atoms with Gasteiger partial charge < -0.3 is 25.6 Å². The number of rotatable bonds is 6. The van der Waals surface area contributed by atoms with Gasteiger partial charge in [0, 0.05) is 34.9 Å². The van der Waals surface area contributed by atoms with Crippen molar-refractivity contribution < 1.29 is 36.7 Å². The summed E-state index contributed by atoms with van der Waals surface area (Å²) in [6.07, 6.45) is 9.68. The summed E-state index contributed by atoms with van der Waals surface area (Å²) in [7, 11) is -4.03. The van der Waals surface area contributed by atoms with Gasteiger partial charge in [-0.1, -0.05) is 55.3 Å². The van der Waals surface area contributed by atoms with Crippen LogP contribution in [0.2, 0.25) is 0 Å². The van der Waals surface area contributed by atoms with Crippen molar-refractivity contribution in [2.45, 2.75) is 132 Å². The molecule has 1 aromatic heterocycles. The van der Waals surface area contributed by atoms with E-state index in [2.05, 4.69) is 20.7 Å². The summed E-state index contributed by atoms with van der Waals surface area (Å²) in [4.78, 5) is 63.6. The Balaban J connectivity index is 1.19. The molecule has 3 fully saturated rings. The van der Waals surface area contributed by atoms with Crippen molar-refractivity contribution in [3.8, 4) is 17.0 Å². The Bertz CT molecular complexity index is 2330. The molecule has 1 saturated heterocycles. The number of sulfonamides is 1. The Morgan fingerprint density at radius 1 is 1.02 bits per heavy atom. The summed E-state index contributed by atoms with van der Waals surface area (Å²) < 4.78 is 49.8. The van der Waals surface area contributed by atoms with E-state index in [0.717, 1.165) is 29.3 Å². The van der Waals surface area contributed by atoms with Gasteiger partial charge >= 0.3 is 6.03 Å². The number of pyridine rings is 1. The van der Waals surface area contributed by atoms with Crippen LogP contribution < -0.4 is 25.4 Å². The predicted molar refractivity (Wildman–Crippen MR) is 220 cm³/mol. The topological polar surface area (TPSA) is 176 Å². The summed E-state index contributed by atoms with van der Waals surface area (Å²) in [6, 6.07) is 11.0. The van der Waals surface area contributed by atoms with Crippen LogP contribution >= 0.6 is 0 Å². The first-order valence-electron chi connectivity index (χ1n) is 20.9. The van der Waals surface area contributed by atoms with Crippen LogP contribution in [0.15, 0.2) is 60.7 Å². The number of allylic oxidation sites excluding steroid dienone is 1. The molecule has 3 aliphatic heterocycles. The van der Waals surface area contributed by atoms with Gasteiger partial charge in [-0.05, 0) is 96.8 Å². The van der Waals surface area contributed by atoms with Crippen molar-refractivity contribution in [1.82, 2.24) is 30.6 Å². The Kier molecular flexibility index (Phi) is 10.7. The minimum atomic E-state index is -4.03. The van der Waals surface area contributed by atoms with E-state index in [1.807, 2.05) is 50.3 Å². The number of fused-ring (bicyclic) bond motifs is 5. The normalized spacial score (nSPS) is 28.4. The highest BCUT2D eigenvalue weighted by atomic mass is 32.2. The Morgan fingerprint density at radius 2 is 1.81 bits per heavy atom. The lowest BCUT2D eigenvalue weighted by Crippen LogP contribution is -2.70. The molecule has 8 rings (SSSR count). The van der Waals surface area contributed by atoms with E-state index in [1.165, 1.54) is 17.0 Å². The molecule has 5 amide bonds. The number of halogens is 1. The average molecular weight is 829 g/mol. The molecule has 3 aromatic rings. The molecule has 4 N–H and O–H groups in total. The molecule has 59 heavy (non-hydrogen) atoms. The summed E-state index contributed by atoms with van der Waals surface area (Å²) in [5.41, 5.74) is -0.121. The molecule has 1 spiro atoms. The summed E-state index contributed by atoms with van der Waals surface area (Å²) >= 11 is 0. The number of benzene rings is 2. The molecular formula is C44H53FN6O7S. The van der Waals surface area contributed by atoms with Gasteiger partial charge in [-0.2, -0.15) is 0 Å². The number of carbonyl (C=O) groups excluding carboxylic acids is 4. The highest BCUT2D eigenvalue weighted by molar-refractivity contribution is 7.91. The molecule has 0 unspecified atom stereocenters. The highest BCUT2D eigenvalue weighted by Gasteiger charge is 2.59. The third kappa shape index (κ3) is 7.78. The van der Waals surface area contributed by atoms with Gasteiger partial charge in [0.25, 0.3) is 5.91 Å². The van der Waals surface area contributed by atoms with Crippen LogP contribution in [-0.2, 0) is 30.8 Å². The number of hydrogen-bond acceptors (Lipinski definition) is 8. The third-order valence-corrected chi connectivity index (χ3v) is 15.2. The lowest BCUT2D eigenvalue weighted by Gasteiger charge is -2.48. The maximum absolute atomic E-state index is 14.9. The highest BCUT2D eigenvalue weighted by Crippen LogP contribution is 2.48. The van der Waals surface area contributed by atoms with Crippen molar-refractivity contribution in [3.63, 3.8) is 0 Å². The van der Waals surface area contributed by atoms with Crippen LogP contribution in [0.3, 0.4) is 0 Å². The summed E-state index contributed by atoms with van der Waals surface area (Å²) in [6.45, 7) is 5.22. The number of nitrogens with zero attached hydrogens (tertiary/aromatic N) is 2. The molecule has 2 aromatic carbocycles. The second-order valence-electron chi connectivity index (χ2n) is 17.6. The SMILES string of the molecule is CC(C)NC(=O)N[C@H]1CCCCC/C=C\[C@@H]2CC[C@@]2(C(=O)NS(=O)(=O)C2(C)CC2)NC(=O)[C@@H]2C[C@]3(CCc4c(c(-c5cccc(F)c5)nc5ccccc45)O3)CN2C1=O. The van der Waals surface area contributed by atoms with Crippen LogP contribution in [0.5, 0.6) is 5.75 Å². The zero-order valence-corrected chi connectivity index (χ0v) is 34.6. The van der Waals surface area contributed by atoms with Crippen LogP contribution in [0.4, 0.5) is 9.18 Å². The zero-order valence-electron chi connectivity index (χ0n) is 33.8. The molecule has 0 bridgehead atoms. The largest absolute Gasteiger partial charge is 0.483 e. The Hall–Kier alpha value is -5.05. The third-order valence-electron chi connectivity index (χ3n) is 13.0. The van der Waals surface area contributed by atoms with Gasteiger partial charge in [0.2, 0.25) is 21.8 Å². The van der Waals surface area contributed by atoms with E-state index in [-0.39, 0.29) is 25.4 Å². The first-order valence-corrected chi connectivity index (χ1v) is 22.4. The molecule has 13 nitrogen and oxygen atoms in total. The lowest BCUT2D eigenvalue weighted by molar-refractivity contribution is -0.144. The van der Waals surface area contributed by atoms with Crippen LogP contribution in [0.25, 0.3) is 22.2 Å². The van der Waals surface area contributed by atoms with Crippen LogP contribution in [0.1, 0.15) is 97.0 Å². The van der Waals surface area contributed by atoms with E-state index in [1.54, 1.807) is 19.1 Å². The number of aromatic nitrogens is 1. The van der Waals surface area contributed by atoms with E-state index in [4.69, 9.17) is 9.72 Å². The maximum atomic E-state index is 14.9. The number of urea groups is 1. The van der Waals surface area contributed by atoms with Crippen molar-refractivity contribution in [2.75, 3.05) is 6.54 Å². The molecule has 314 valence electrons. The second kappa shape index (κ2) is 15.5. The van der Waals surface area contributed by atoms with Crippen LogP contribution in [0, 0.1) is 11.7 Å². The molecular weight excluding hydrogens is 776 g/mol. The smallest absolute Gasteiger partial charge is 0.315 e. The lowest BCUT2D eigenvalue weighted by atomic mass is 9.65. The summed E-state index contributed by atoms with van der Waals surface area (Å²) in [5.74, 6) is -2.33.